The van der Waals surface area contributed by atoms with Crippen molar-refractivity contribution in [3.05, 3.63) is 33.4 Å². The number of hydrogen-bond donors (Lipinski definition) is 1. The summed E-state index contributed by atoms with van der Waals surface area (Å²) in [5.74, 6) is 0. The fourth-order valence-electron chi connectivity index (χ4n) is 0.969. The van der Waals surface area contributed by atoms with Crippen molar-refractivity contribution in [1.82, 2.24) is 5.32 Å². The first-order chi connectivity index (χ1) is 5.68. The maximum absolute atomic E-state index is 3.39. The van der Waals surface area contributed by atoms with E-state index in [9.17, 15) is 0 Å². The van der Waals surface area contributed by atoms with E-state index in [1.807, 2.05) is 0 Å². The van der Waals surface area contributed by atoms with E-state index in [2.05, 4.69) is 66.0 Å². The molecule has 0 saturated carbocycles. The molecule has 0 amide bonds. The van der Waals surface area contributed by atoms with Gasteiger partial charge in [0.15, 0.2) is 0 Å². The minimum Gasteiger partial charge on any atom is -0.310 e. The summed E-state index contributed by atoms with van der Waals surface area (Å²) in [5, 5.41) is 3.39. The maximum atomic E-state index is 3.39. The molecule has 0 aliphatic rings. The van der Waals surface area contributed by atoms with Crippen molar-refractivity contribution in [2.24, 2.45) is 0 Å². The molecule has 0 bridgehead atoms. The molecular weight excluding hydrogens is 296 g/mol. The van der Waals surface area contributed by atoms with Crippen LogP contribution in [0.3, 0.4) is 0 Å². The lowest BCUT2D eigenvalue weighted by Crippen LogP contribution is -2.21. The van der Waals surface area contributed by atoms with Crippen molar-refractivity contribution in [1.29, 1.82) is 0 Å². The van der Waals surface area contributed by atoms with Crippen LogP contribution < -0.4 is 5.32 Å². The van der Waals surface area contributed by atoms with E-state index in [1.54, 1.807) is 0 Å². The molecule has 0 aliphatic heterocycles. The summed E-state index contributed by atoms with van der Waals surface area (Å²) in [6.45, 7) is 5.29. The lowest BCUT2D eigenvalue weighted by Gasteiger charge is -2.07. The van der Waals surface area contributed by atoms with Crippen LogP contribution in [-0.4, -0.2) is 6.04 Å². The van der Waals surface area contributed by atoms with E-state index in [0.717, 1.165) is 6.54 Å². The highest BCUT2D eigenvalue weighted by Gasteiger charge is 1.94. The Bertz CT molecular complexity index is 250. The molecule has 3 heteroatoms. The van der Waals surface area contributed by atoms with Gasteiger partial charge in [0.25, 0.3) is 0 Å². The van der Waals surface area contributed by atoms with Gasteiger partial charge in [-0.15, -0.1) is 12.4 Å². The molecule has 1 nitrogen and oxygen atoms in total. The van der Waals surface area contributed by atoms with Crippen LogP contribution in [0.2, 0.25) is 0 Å². The zero-order valence-electron chi connectivity index (χ0n) is 7.88. The van der Waals surface area contributed by atoms with Crippen LogP contribution in [0.15, 0.2) is 24.3 Å². The highest BCUT2D eigenvalue weighted by atomic mass is 127. The Morgan fingerprint density at radius 3 is 2.62 bits per heavy atom. The quantitative estimate of drug-likeness (QED) is 0.845. The van der Waals surface area contributed by atoms with Crippen LogP contribution in [0.5, 0.6) is 0 Å². The Labute approximate surface area is 99.9 Å². The molecule has 1 aromatic rings. The molecule has 0 radical (unpaired) electrons. The van der Waals surface area contributed by atoms with Gasteiger partial charge in [-0.1, -0.05) is 26.0 Å². The van der Waals surface area contributed by atoms with Crippen molar-refractivity contribution >= 4 is 35.0 Å². The second-order valence-electron chi connectivity index (χ2n) is 3.17. The van der Waals surface area contributed by atoms with Crippen molar-refractivity contribution in [2.45, 2.75) is 26.4 Å². The van der Waals surface area contributed by atoms with Gasteiger partial charge in [0, 0.05) is 16.2 Å². The summed E-state index contributed by atoms with van der Waals surface area (Å²) < 4.78 is 1.30. The maximum Gasteiger partial charge on any atom is 0.0208 e. The summed E-state index contributed by atoms with van der Waals surface area (Å²) in [4.78, 5) is 0. The normalized spacial score (nSPS) is 9.85. The predicted octanol–water partition coefficient (Wildman–Crippen LogP) is 3.21. The molecule has 0 aromatic heterocycles. The molecule has 0 spiro atoms. The first-order valence-corrected chi connectivity index (χ1v) is 5.24. The third kappa shape index (κ3) is 5.49. The standard InChI is InChI=1S/C10H14IN.ClH/c1-8(2)12-7-9-4-3-5-10(11)6-9;/h3-6,8,12H,7H2,1-2H3;1H. The summed E-state index contributed by atoms with van der Waals surface area (Å²) in [5.41, 5.74) is 1.36. The summed E-state index contributed by atoms with van der Waals surface area (Å²) in [6, 6.07) is 9.12. The highest BCUT2D eigenvalue weighted by molar-refractivity contribution is 14.1. The molecule has 0 heterocycles. The van der Waals surface area contributed by atoms with E-state index in [-0.39, 0.29) is 12.4 Å². The molecule has 0 atom stereocenters. The van der Waals surface area contributed by atoms with Crippen LogP contribution >= 0.6 is 35.0 Å². The molecule has 1 aromatic carbocycles. The van der Waals surface area contributed by atoms with Gasteiger partial charge in [0.1, 0.15) is 0 Å². The molecule has 0 aliphatic carbocycles. The molecule has 0 unspecified atom stereocenters. The smallest absolute Gasteiger partial charge is 0.0208 e. The van der Waals surface area contributed by atoms with Crippen LogP contribution in [0.1, 0.15) is 19.4 Å². The minimum atomic E-state index is 0. The monoisotopic (exact) mass is 311 g/mol. The first-order valence-electron chi connectivity index (χ1n) is 4.16. The SMILES string of the molecule is CC(C)NCc1cccc(I)c1.Cl. The summed E-state index contributed by atoms with van der Waals surface area (Å²) in [7, 11) is 0. The number of halogens is 2. The third-order valence-corrected chi connectivity index (χ3v) is 2.27. The minimum absolute atomic E-state index is 0. The van der Waals surface area contributed by atoms with Crippen LogP contribution in [-0.2, 0) is 6.54 Å². The van der Waals surface area contributed by atoms with Gasteiger partial charge in [-0.05, 0) is 40.3 Å². The lowest BCUT2D eigenvalue weighted by molar-refractivity contribution is 0.589. The van der Waals surface area contributed by atoms with Gasteiger partial charge in [-0.25, -0.2) is 0 Å². The van der Waals surface area contributed by atoms with Gasteiger partial charge in [-0.3, -0.25) is 0 Å². The molecule has 74 valence electrons. The van der Waals surface area contributed by atoms with Crippen molar-refractivity contribution in [2.75, 3.05) is 0 Å². The van der Waals surface area contributed by atoms with Crippen LogP contribution in [0.25, 0.3) is 0 Å². The van der Waals surface area contributed by atoms with E-state index >= 15 is 0 Å². The Balaban J connectivity index is 0.00000144. The zero-order valence-corrected chi connectivity index (χ0v) is 10.9. The second-order valence-corrected chi connectivity index (χ2v) is 4.41. The molecular formula is C10H15ClIN. The average Bonchev–Trinajstić information content (AvgIpc) is 2.01. The van der Waals surface area contributed by atoms with E-state index in [1.165, 1.54) is 9.13 Å². The van der Waals surface area contributed by atoms with Gasteiger partial charge in [0.05, 0.1) is 0 Å². The van der Waals surface area contributed by atoms with Crippen molar-refractivity contribution < 1.29 is 0 Å². The highest BCUT2D eigenvalue weighted by Crippen LogP contribution is 2.07. The molecule has 1 rings (SSSR count). The molecule has 0 saturated heterocycles. The second kappa shape index (κ2) is 6.62. The lowest BCUT2D eigenvalue weighted by atomic mass is 10.2. The predicted molar refractivity (Wildman–Crippen MR) is 68.4 cm³/mol. The summed E-state index contributed by atoms with van der Waals surface area (Å²) in [6.07, 6.45) is 0. The van der Waals surface area contributed by atoms with E-state index < -0.39 is 0 Å². The fraction of sp³-hybridized carbons (Fsp3) is 0.400. The Morgan fingerprint density at radius 2 is 2.08 bits per heavy atom. The third-order valence-electron chi connectivity index (χ3n) is 1.60. The number of rotatable bonds is 3. The van der Waals surface area contributed by atoms with E-state index in [4.69, 9.17) is 0 Å². The number of nitrogens with one attached hydrogen (secondary N) is 1. The molecule has 13 heavy (non-hydrogen) atoms. The largest absolute Gasteiger partial charge is 0.310 e. The van der Waals surface area contributed by atoms with Crippen LogP contribution in [0.4, 0.5) is 0 Å². The fourth-order valence-corrected chi connectivity index (χ4v) is 1.58. The Hall–Kier alpha value is 0.200. The van der Waals surface area contributed by atoms with Gasteiger partial charge in [-0.2, -0.15) is 0 Å². The van der Waals surface area contributed by atoms with Crippen molar-refractivity contribution in [3.63, 3.8) is 0 Å². The van der Waals surface area contributed by atoms with E-state index in [0.29, 0.717) is 6.04 Å². The number of benzene rings is 1. The average molecular weight is 312 g/mol. The topological polar surface area (TPSA) is 12.0 Å². The van der Waals surface area contributed by atoms with Crippen molar-refractivity contribution in [3.8, 4) is 0 Å². The first kappa shape index (κ1) is 13.2. The van der Waals surface area contributed by atoms with Gasteiger partial charge < -0.3 is 5.32 Å². The molecule has 1 N–H and O–H groups in total. The summed E-state index contributed by atoms with van der Waals surface area (Å²) >= 11 is 2.33. The zero-order chi connectivity index (χ0) is 8.97. The Morgan fingerprint density at radius 1 is 1.38 bits per heavy atom. The van der Waals surface area contributed by atoms with Gasteiger partial charge in [0.2, 0.25) is 0 Å². The van der Waals surface area contributed by atoms with Crippen LogP contribution in [0, 0.1) is 3.57 Å². The Kier molecular flexibility index (Phi) is 6.73. The number of hydrogen-bond acceptors (Lipinski definition) is 1. The molecule has 0 fully saturated rings. The van der Waals surface area contributed by atoms with Gasteiger partial charge >= 0.3 is 0 Å².